The van der Waals surface area contributed by atoms with Gasteiger partial charge in [0, 0.05) is 13.6 Å². The van der Waals surface area contributed by atoms with E-state index in [4.69, 9.17) is 0 Å². The van der Waals surface area contributed by atoms with Crippen LogP contribution in [0.4, 0.5) is 4.79 Å². The summed E-state index contributed by atoms with van der Waals surface area (Å²) in [4.78, 5) is 16.4. The second-order valence-electron chi connectivity index (χ2n) is 7.95. The molecule has 5 rings (SSSR count). The molecule has 1 atom stereocenters. The van der Waals surface area contributed by atoms with Gasteiger partial charge in [0.05, 0.1) is 6.04 Å². The standard InChI is InChI=1S/C17H27N5O/c1-10(16-19-9-22(2)21-16)20-17(23)18-8-15-13-4-11-3-12(6-13)7-14(15)5-11/h9-15H,3-8H2,1-2H3,(H2,18,20,23). The summed E-state index contributed by atoms with van der Waals surface area (Å²) in [5.74, 6) is 5.01. The Labute approximate surface area is 137 Å². The summed E-state index contributed by atoms with van der Waals surface area (Å²) < 4.78 is 1.65. The molecule has 4 saturated carbocycles. The molecule has 4 aliphatic rings. The van der Waals surface area contributed by atoms with E-state index in [1.165, 1.54) is 32.1 Å². The highest BCUT2D eigenvalue weighted by atomic mass is 16.2. The van der Waals surface area contributed by atoms with Crippen molar-refractivity contribution in [3.63, 3.8) is 0 Å². The number of hydrogen-bond donors (Lipinski definition) is 2. The average Bonchev–Trinajstić information content (AvgIpc) is 2.92. The molecule has 4 fully saturated rings. The summed E-state index contributed by atoms with van der Waals surface area (Å²) in [7, 11) is 1.83. The van der Waals surface area contributed by atoms with E-state index < -0.39 is 0 Å². The first-order valence-corrected chi connectivity index (χ1v) is 8.98. The van der Waals surface area contributed by atoms with E-state index in [0.29, 0.717) is 11.7 Å². The molecule has 0 aliphatic heterocycles. The molecule has 0 radical (unpaired) electrons. The Kier molecular flexibility index (Phi) is 3.77. The summed E-state index contributed by atoms with van der Waals surface area (Å²) in [6, 6.07) is -0.270. The van der Waals surface area contributed by atoms with Crippen LogP contribution in [0.25, 0.3) is 0 Å². The lowest BCUT2D eigenvalue weighted by Crippen LogP contribution is -2.50. The minimum Gasteiger partial charge on any atom is -0.338 e. The fraction of sp³-hybridized carbons (Fsp3) is 0.824. The van der Waals surface area contributed by atoms with E-state index in [1.54, 1.807) is 11.0 Å². The van der Waals surface area contributed by atoms with Crippen LogP contribution in [-0.2, 0) is 7.05 Å². The van der Waals surface area contributed by atoms with Crippen molar-refractivity contribution in [2.75, 3.05) is 6.54 Å². The van der Waals surface area contributed by atoms with Crippen molar-refractivity contribution >= 4 is 6.03 Å². The predicted molar refractivity (Wildman–Crippen MR) is 86.5 cm³/mol. The predicted octanol–water partition coefficient (Wildman–Crippen LogP) is 2.25. The van der Waals surface area contributed by atoms with Crippen LogP contribution in [0, 0.1) is 29.6 Å². The highest BCUT2D eigenvalue weighted by Crippen LogP contribution is 2.56. The van der Waals surface area contributed by atoms with E-state index in [9.17, 15) is 4.79 Å². The Hall–Kier alpha value is -1.59. The van der Waals surface area contributed by atoms with Crippen LogP contribution in [0.15, 0.2) is 6.33 Å². The molecule has 23 heavy (non-hydrogen) atoms. The maximum absolute atomic E-state index is 12.2. The molecule has 2 amide bonds. The molecule has 4 aliphatic carbocycles. The van der Waals surface area contributed by atoms with Gasteiger partial charge in [-0.05, 0) is 68.6 Å². The van der Waals surface area contributed by atoms with E-state index in [1.807, 2.05) is 14.0 Å². The van der Waals surface area contributed by atoms with Crippen LogP contribution in [-0.4, -0.2) is 27.3 Å². The Balaban J connectivity index is 1.28. The molecule has 4 bridgehead atoms. The molecule has 6 heteroatoms. The van der Waals surface area contributed by atoms with Crippen LogP contribution < -0.4 is 10.6 Å². The fourth-order valence-electron chi connectivity index (χ4n) is 5.45. The van der Waals surface area contributed by atoms with Gasteiger partial charge in [-0.1, -0.05) is 0 Å². The number of nitrogens with zero attached hydrogens (tertiary/aromatic N) is 3. The lowest BCUT2D eigenvalue weighted by molar-refractivity contribution is -0.0343. The zero-order valence-electron chi connectivity index (χ0n) is 14.0. The normalized spacial score (nSPS) is 36.0. The van der Waals surface area contributed by atoms with Crippen LogP contribution >= 0.6 is 0 Å². The lowest BCUT2D eigenvalue weighted by Gasteiger charge is -2.54. The van der Waals surface area contributed by atoms with Crippen LogP contribution in [0.3, 0.4) is 0 Å². The maximum Gasteiger partial charge on any atom is 0.315 e. The quantitative estimate of drug-likeness (QED) is 0.894. The SMILES string of the molecule is CC(NC(=O)NCC1C2CC3CC(C2)CC1C3)c1ncn(C)n1. The monoisotopic (exact) mass is 317 g/mol. The van der Waals surface area contributed by atoms with Crippen molar-refractivity contribution in [1.82, 2.24) is 25.4 Å². The maximum atomic E-state index is 12.2. The smallest absolute Gasteiger partial charge is 0.315 e. The van der Waals surface area contributed by atoms with Crippen molar-refractivity contribution < 1.29 is 4.79 Å². The Morgan fingerprint density at radius 2 is 1.91 bits per heavy atom. The number of carbonyl (C=O) groups is 1. The van der Waals surface area contributed by atoms with Gasteiger partial charge in [-0.15, -0.1) is 0 Å². The van der Waals surface area contributed by atoms with Gasteiger partial charge in [0.2, 0.25) is 0 Å². The first-order chi connectivity index (χ1) is 11.1. The van der Waals surface area contributed by atoms with Crippen molar-refractivity contribution in [3.8, 4) is 0 Å². The number of carbonyl (C=O) groups excluding carboxylic acids is 1. The molecule has 1 aromatic heterocycles. The fourth-order valence-corrected chi connectivity index (χ4v) is 5.45. The van der Waals surface area contributed by atoms with Gasteiger partial charge in [0.1, 0.15) is 6.33 Å². The lowest BCUT2D eigenvalue weighted by atomic mass is 9.52. The third-order valence-electron chi connectivity index (χ3n) is 6.27. The van der Waals surface area contributed by atoms with Gasteiger partial charge >= 0.3 is 6.03 Å². The van der Waals surface area contributed by atoms with Gasteiger partial charge < -0.3 is 10.6 Å². The Morgan fingerprint density at radius 1 is 1.26 bits per heavy atom. The third-order valence-corrected chi connectivity index (χ3v) is 6.27. The highest BCUT2D eigenvalue weighted by molar-refractivity contribution is 5.74. The molecule has 0 saturated heterocycles. The molecule has 0 spiro atoms. The topological polar surface area (TPSA) is 71.8 Å². The van der Waals surface area contributed by atoms with Gasteiger partial charge in [-0.25, -0.2) is 9.78 Å². The molecule has 126 valence electrons. The van der Waals surface area contributed by atoms with Crippen LogP contribution in [0.5, 0.6) is 0 Å². The summed E-state index contributed by atoms with van der Waals surface area (Å²) in [5, 5.41) is 10.3. The number of nitrogens with one attached hydrogen (secondary N) is 2. The second kappa shape index (κ2) is 5.80. The average molecular weight is 317 g/mol. The first-order valence-electron chi connectivity index (χ1n) is 8.98. The van der Waals surface area contributed by atoms with Gasteiger partial charge in [-0.3, -0.25) is 4.68 Å². The van der Waals surface area contributed by atoms with E-state index >= 15 is 0 Å². The van der Waals surface area contributed by atoms with Crippen molar-refractivity contribution in [1.29, 1.82) is 0 Å². The number of aryl methyl sites for hydroxylation is 1. The molecule has 1 unspecified atom stereocenters. The van der Waals surface area contributed by atoms with Crippen molar-refractivity contribution in [3.05, 3.63) is 12.2 Å². The molecule has 1 aromatic rings. The number of hydrogen-bond acceptors (Lipinski definition) is 3. The number of amides is 2. The highest BCUT2D eigenvalue weighted by Gasteiger charge is 2.47. The van der Waals surface area contributed by atoms with Crippen molar-refractivity contribution in [2.45, 2.75) is 45.1 Å². The summed E-state index contributed by atoms with van der Waals surface area (Å²) >= 11 is 0. The van der Waals surface area contributed by atoms with Gasteiger partial charge in [0.15, 0.2) is 5.82 Å². The molecular weight excluding hydrogens is 290 g/mol. The number of urea groups is 1. The third kappa shape index (κ3) is 2.95. The number of rotatable bonds is 4. The van der Waals surface area contributed by atoms with E-state index in [-0.39, 0.29) is 12.1 Å². The number of aromatic nitrogens is 3. The zero-order chi connectivity index (χ0) is 16.0. The zero-order valence-corrected chi connectivity index (χ0v) is 14.0. The summed E-state index contributed by atoms with van der Waals surface area (Å²) in [5.41, 5.74) is 0. The van der Waals surface area contributed by atoms with E-state index in [0.717, 1.165) is 30.2 Å². The second-order valence-corrected chi connectivity index (χ2v) is 7.95. The van der Waals surface area contributed by atoms with Crippen LogP contribution in [0.1, 0.15) is 50.9 Å². The Morgan fingerprint density at radius 3 is 2.48 bits per heavy atom. The van der Waals surface area contributed by atoms with Crippen molar-refractivity contribution in [2.24, 2.45) is 36.6 Å². The molecule has 0 aromatic carbocycles. The summed E-state index contributed by atoms with van der Waals surface area (Å²) in [6.45, 7) is 2.74. The first kappa shape index (κ1) is 15.0. The molecular formula is C17H27N5O. The van der Waals surface area contributed by atoms with Crippen LogP contribution in [0.2, 0.25) is 0 Å². The Bertz CT molecular complexity index is 555. The minimum absolute atomic E-state index is 0.0984. The minimum atomic E-state index is -0.172. The van der Waals surface area contributed by atoms with Gasteiger partial charge in [-0.2, -0.15) is 5.10 Å². The molecule has 6 nitrogen and oxygen atoms in total. The largest absolute Gasteiger partial charge is 0.338 e. The van der Waals surface area contributed by atoms with E-state index in [2.05, 4.69) is 20.7 Å². The summed E-state index contributed by atoms with van der Waals surface area (Å²) in [6.07, 6.45) is 8.72. The van der Waals surface area contributed by atoms with Gasteiger partial charge in [0.25, 0.3) is 0 Å². The molecule has 1 heterocycles. The molecule has 2 N–H and O–H groups in total.